The SMILES string of the molecule is CCCn1nc(C(CCC)(OC)OC)nc1Cc1ccc(-c2cccnc2-c2nnn[nH]2)cc1. The first kappa shape index (κ1) is 23.7. The maximum atomic E-state index is 5.73. The number of rotatable bonds is 11. The number of methoxy groups -OCH3 is 2. The standard InChI is InChI=1S/C24H30N8O2/c1-5-13-24(33-3,34-4)23-26-20(32(29-23)15-6-2)16-17-9-11-18(12-10-17)19-8-7-14-25-21(19)22-27-30-31-28-22/h7-12,14H,5-6,13,15-16H2,1-4H3,(H,27,28,30,31). The van der Waals surface area contributed by atoms with E-state index in [9.17, 15) is 0 Å². The highest BCUT2D eigenvalue weighted by atomic mass is 16.7. The van der Waals surface area contributed by atoms with Gasteiger partial charge in [-0.1, -0.05) is 50.6 Å². The Labute approximate surface area is 198 Å². The molecule has 0 aliphatic heterocycles. The minimum Gasteiger partial charge on any atom is -0.347 e. The fraction of sp³-hybridized carbons (Fsp3) is 0.417. The van der Waals surface area contributed by atoms with E-state index < -0.39 is 5.79 Å². The Kier molecular flexibility index (Phi) is 7.39. The third-order valence-corrected chi connectivity index (χ3v) is 5.77. The van der Waals surface area contributed by atoms with Crippen molar-refractivity contribution in [1.29, 1.82) is 0 Å². The van der Waals surface area contributed by atoms with Gasteiger partial charge in [0, 0.05) is 45.4 Å². The van der Waals surface area contributed by atoms with Crippen molar-refractivity contribution in [2.75, 3.05) is 14.2 Å². The first-order chi connectivity index (χ1) is 16.6. The normalized spacial score (nSPS) is 11.8. The lowest BCUT2D eigenvalue weighted by atomic mass is 10.0. The molecular formula is C24H30N8O2. The first-order valence-corrected chi connectivity index (χ1v) is 11.5. The lowest BCUT2D eigenvalue weighted by Crippen LogP contribution is -2.32. The second-order valence-electron chi connectivity index (χ2n) is 8.01. The summed E-state index contributed by atoms with van der Waals surface area (Å²) < 4.78 is 13.4. The van der Waals surface area contributed by atoms with E-state index in [4.69, 9.17) is 19.6 Å². The van der Waals surface area contributed by atoms with E-state index in [1.807, 2.05) is 16.8 Å². The van der Waals surface area contributed by atoms with Crippen LogP contribution in [0.5, 0.6) is 0 Å². The zero-order valence-electron chi connectivity index (χ0n) is 20.0. The van der Waals surface area contributed by atoms with Crippen molar-refractivity contribution in [3.63, 3.8) is 0 Å². The van der Waals surface area contributed by atoms with Crippen LogP contribution >= 0.6 is 0 Å². The first-order valence-electron chi connectivity index (χ1n) is 11.5. The summed E-state index contributed by atoms with van der Waals surface area (Å²) in [6, 6.07) is 12.3. The fourth-order valence-corrected chi connectivity index (χ4v) is 4.04. The van der Waals surface area contributed by atoms with Crippen LogP contribution in [0.3, 0.4) is 0 Å². The number of benzene rings is 1. The fourth-order valence-electron chi connectivity index (χ4n) is 4.04. The Morgan fingerprint density at radius 2 is 1.82 bits per heavy atom. The third-order valence-electron chi connectivity index (χ3n) is 5.77. The molecular weight excluding hydrogens is 432 g/mol. The molecule has 0 saturated carbocycles. The van der Waals surface area contributed by atoms with E-state index in [2.05, 4.69) is 63.7 Å². The molecule has 0 atom stereocenters. The van der Waals surface area contributed by atoms with Crippen LogP contribution in [0.1, 0.15) is 50.3 Å². The number of nitrogens with one attached hydrogen (secondary N) is 1. The highest BCUT2D eigenvalue weighted by Gasteiger charge is 2.36. The van der Waals surface area contributed by atoms with Gasteiger partial charge in [-0.3, -0.25) is 4.98 Å². The van der Waals surface area contributed by atoms with Crippen LogP contribution in [0.25, 0.3) is 22.6 Å². The molecule has 0 aliphatic rings. The highest BCUT2D eigenvalue weighted by molar-refractivity contribution is 5.77. The van der Waals surface area contributed by atoms with Crippen LogP contribution in [-0.4, -0.2) is 54.6 Å². The van der Waals surface area contributed by atoms with E-state index in [1.54, 1.807) is 20.4 Å². The van der Waals surface area contributed by atoms with Crippen molar-refractivity contribution in [3.8, 4) is 22.6 Å². The molecule has 10 heteroatoms. The number of pyridine rings is 1. The largest absolute Gasteiger partial charge is 0.347 e. The molecule has 34 heavy (non-hydrogen) atoms. The summed E-state index contributed by atoms with van der Waals surface area (Å²) >= 11 is 0. The van der Waals surface area contributed by atoms with E-state index >= 15 is 0 Å². The van der Waals surface area contributed by atoms with Crippen molar-refractivity contribution in [2.24, 2.45) is 0 Å². The van der Waals surface area contributed by atoms with E-state index in [0.717, 1.165) is 41.9 Å². The molecule has 3 heterocycles. The highest BCUT2D eigenvalue weighted by Crippen LogP contribution is 2.30. The van der Waals surface area contributed by atoms with Gasteiger partial charge >= 0.3 is 0 Å². The number of hydrogen-bond acceptors (Lipinski definition) is 8. The zero-order chi connectivity index (χ0) is 24.0. The molecule has 10 nitrogen and oxygen atoms in total. The van der Waals surface area contributed by atoms with Crippen LogP contribution in [0, 0.1) is 0 Å². The predicted molar refractivity (Wildman–Crippen MR) is 127 cm³/mol. The molecule has 0 fully saturated rings. The molecule has 0 spiro atoms. The molecule has 4 rings (SSSR count). The number of H-pyrrole nitrogens is 1. The van der Waals surface area contributed by atoms with Gasteiger partial charge < -0.3 is 9.47 Å². The number of aromatic amines is 1. The predicted octanol–water partition coefficient (Wildman–Crippen LogP) is 3.77. The number of aryl methyl sites for hydroxylation is 1. The molecule has 1 N–H and O–H groups in total. The van der Waals surface area contributed by atoms with Gasteiger partial charge in [0.05, 0.1) is 0 Å². The van der Waals surface area contributed by atoms with E-state index in [1.165, 1.54) is 0 Å². The van der Waals surface area contributed by atoms with Crippen LogP contribution < -0.4 is 0 Å². The lowest BCUT2D eigenvalue weighted by Gasteiger charge is -2.27. The third kappa shape index (κ3) is 4.73. The summed E-state index contributed by atoms with van der Waals surface area (Å²) in [6.45, 7) is 4.99. The minimum absolute atomic E-state index is 0.534. The Balaban J connectivity index is 1.62. The zero-order valence-corrected chi connectivity index (χ0v) is 20.0. The maximum absolute atomic E-state index is 5.73. The minimum atomic E-state index is -0.932. The van der Waals surface area contributed by atoms with Crippen molar-refractivity contribution >= 4 is 0 Å². The number of tetrazole rings is 1. The van der Waals surface area contributed by atoms with Crippen molar-refractivity contribution in [1.82, 2.24) is 40.4 Å². The summed E-state index contributed by atoms with van der Waals surface area (Å²) in [5.74, 6) is 1.05. The van der Waals surface area contributed by atoms with Crippen LogP contribution in [-0.2, 0) is 28.2 Å². The van der Waals surface area contributed by atoms with Gasteiger partial charge in [0.2, 0.25) is 11.6 Å². The molecule has 0 unspecified atom stereocenters. The van der Waals surface area contributed by atoms with Gasteiger partial charge in [0.1, 0.15) is 11.5 Å². The number of ether oxygens (including phenoxy) is 2. The van der Waals surface area contributed by atoms with Gasteiger partial charge in [-0.2, -0.15) is 5.10 Å². The van der Waals surface area contributed by atoms with Crippen molar-refractivity contribution < 1.29 is 9.47 Å². The van der Waals surface area contributed by atoms with Crippen LogP contribution in [0.15, 0.2) is 42.6 Å². The average molecular weight is 463 g/mol. The average Bonchev–Trinajstić information content (AvgIpc) is 3.55. The smallest absolute Gasteiger partial charge is 0.231 e. The molecule has 0 radical (unpaired) electrons. The maximum Gasteiger partial charge on any atom is 0.231 e. The topological polar surface area (TPSA) is 117 Å². The van der Waals surface area contributed by atoms with Gasteiger partial charge in [0.25, 0.3) is 0 Å². The second kappa shape index (κ2) is 10.6. The van der Waals surface area contributed by atoms with Crippen molar-refractivity contribution in [2.45, 2.75) is 51.9 Å². The van der Waals surface area contributed by atoms with Gasteiger partial charge in [-0.05, 0) is 34.0 Å². The van der Waals surface area contributed by atoms with Crippen molar-refractivity contribution in [3.05, 3.63) is 59.8 Å². The Hall–Kier alpha value is -3.50. The van der Waals surface area contributed by atoms with E-state index in [0.29, 0.717) is 30.2 Å². The summed E-state index contributed by atoms with van der Waals surface area (Å²) in [4.78, 5) is 9.31. The van der Waals surface area contributed by atoms with Crippen LogP contribution in [0.2, 0.25) is 0 Å². The summed E-state index contributed by atoms with van der Waals surface area (Å²) in [5, 5.41) is 18.9. The van der Waals surface area contributed by atoms with Crippen LogP contribution in [0.4, 0.5) is 0 Å². The molecule has 3 aromatic heterocycles. The molecule has 0 saturated heterocycles. The number of hydrogen-bond donors (Lipinski definition) is 1. The molecule has 4 aromatic rings. The Bertz CT molecular complexity index is 1180. The second-order valence-corrected chi connectivity index (χ2v) is 8.01. The molecule has 0 amide bonds. The number of aromatic nitrogens is 8. The molecule has 0 bridgehead atoms. The number of nitrogens with zero attached hydrogens (tertiary/aromatic N) is 7. The summed E-state index contributed by atoms with van der Waals surface area (Å²) in [5.41, 5.74) is 3.81. The van der Waals surface area contributed by atoms with E-state index in [-0.39, 0.29) is 0 Å². The lowest BCUT2D eigenvalue weighted by molar-refractivity contribution is -0.225. The monoisotopic (exact) mass is 462 g/mol. The summed E-state index contributed by atoms with van der Waals surface area (Å²) in [6.07, 6.45) is 4.90. The van der Waals surface area contributed by atoms with Gasteiger partial charge in [-0.25, -0.2) is 14.8 Å². The molecule has 0 aliphatic carbocycles. The molecule has 1 aromatic carbocycles. The quantitative estimate of drug-likeness (QED) is 0.335. The molecule has 178 valence electrons. The Morgan fingerprint density at radius 3 is 2.47 bits per heavy atom. The van der Waals surface area contributed by atoms with Gasteiger partial charge in [0.15, 0.2) is 5.82 Å². The summed E-state index contributed by atoms with van der Waals surface area (Å²) in [7, 11) is 3.28. The van der Waals surface area contributed by atoms with Gasteiger partial charge in [-0.15, -0.1) is 5.10 Å². The Morgan fingerprint density at radius 1 is 1.03 bits per heavy atom.